The van der Waals surface area contributed by atoms with Gasteiger partial charge in [0.2, 0.25) is 0 Å². The summed E-state index contributed by atoms with van der Waals surface area (Å²) in [7, 11) is 1.49. The Bertz CT molecular complexity index is 1960. The van der Waals surface area contributed by atoms with Crippen molar-refractivity contribution in [3.8, 4) is 0 Å². The van der Waals surface area contributed by atoms with Crippen LogP contribution in [0.3, 0.4) is 0 Å². The molecule has 14 N–H and O–H groups in total. The van der Waals surface area contributed by atoms with Gasteiger partial charge in [0.25, 0.3) is 0 Å². The van der Waals surface area contributed by atoms with Gasteiger partial charge in [-0.05, 0) is 94.8 Å². The third kappa shape index (κ3) is 14.8. The molecule has 0 bridgehead atoms. The molecule has 27 atom stereocenters. The average Bonchev–Trinajstić information content (AvgIpc) is 3.49. The number of carbonyl (C=O) groups is 2. The van der Waals surface area contributed by atoms with Gasteiger partial charge in [-0.3, -0.25) is 0 Å². The van der Waals surface area contributed by atoms with Gasteiger partial charge in [-0.1, -0.05) is 12.2 Å². The Morgan fingerprint density at radius 1 is 0.474 bits per heavy atom. The molecule has 4 heterocycles. The Morgan fingerprint density at radius 3 is 1.62 bits per heavy atom. The fourth-order valence-electron chi connectivity index (χ4n) is 12.4. The van der Waals surface area contributed by atoms with Crippen LogP contribution in [0.15, 0.2) is 24.3 Å². The van der Waals surface area contributed by atoms with Crippen molar-refractivity contribution in [3.05, 3.63) is 24.3 Å². The minimum absolute atomic E-state index is 0.0197. The fourth-order valence-corrected chi connectivity index (χ4v) is 12.4. The van der Waals surface area contributed by atoms with Crippen LogP contribution < -0.4 is 0 Å². The summed E-state index contributed by atoms with van der Waals surface area (Å²) >= 11 is 0. The van der Waals surface area contributed by atoms with Crippen LogP contribution in [0, 0.1) is 23.7 Å². The average molecular weight is 1120 g/mol. The molecule has 0 radical (unpaired) electrons. The third-order valence-corrected chi connectivity index (χ3v) is 17.2. The van der Waals surface area contributed by atoms with Crippen molar-refractivity contribution in [1.82, 2.24) is 0 Å². The summed E-state index contributed by atoms with van der Waals surface area (Å²) in [5.41, 5.74) is 0. The number of hydrogen-bond donors (Lipinski definition) is 14. The zero-order chi connectivity index (χ0) is 56.1. The Labute approximate surface area is 451 Å². The van der Waals surface area contributed by atoms with Gasteiger partial charge in [-0.2, -0.15) is 0 Å². The number of carbonyl (C=O) groups excluding carboxylic acids is 2. The Hall–Kier alpha value is -2.46. The predicted molar refractivity (Wildman–Crippen MR) is 259 cm³/mol. The summed E-state index contributed by atoms with van der Waals surface area (Å²) in [5, 5.41) is 151. The molecule has 4 aliphatic heterocycles. The van der Waals surface area contributed by atoms with Crippen molar-refractivity contribution in [1.29, 1.82) is 0 Å². The van der Waals surface area contributed by atoms with Crippen molar-refractivity contribution < 1.29 is 128 Å². The van der Waals surface area contributed by atoms with Gasteiger partial charge in [0.05, 0.1) is 67.6 Å². The topological polar surface area (TPSA) is 410 Å². The van der Waals surface area contributed by atoms with E-state index in [0.717, 1.165) is 6.08 Å². The number of aliphatic hydroxyl groups excluding tert-OH is 14. The molecule has 8 fully saturated rings. The Morgan fingerprint density at radius 2 is 1.01 bits per heavy atom. The van der Waals surface area contributed by atoms with Crippen LogP contribution in [0.2, 0.25) is 0 Å². The zero-order valence-electron chi connectivity index (χ0n) is 43.5. The number of fused-ring (bicyclic) bond motifs is 1. The van der Waals surface area contributed by atoms with E-state index in [2.05, 4.69) is 0 Å². The lowest BCUT2D eigenvalue weighted by Gasteiger charge is -2.52. The molecule has 0 aromatic rings. The Balaban J connectivity index is 1.03. The van der Waals surface area contributed by atoms with Gasteiger partial charge in [0.15, 0.2) is 18.9 Å². The highest BCUT2D eigenvalue weighted by atomic mass is 16.8. The van der Waals surface area contributed by atoms with Crippen molar-refractivity contribution >= 4 is 11.9 Å². The van der Waals surface area contributed by atoms with Crippen LogP contribution in [0.1, 0.15) is 83.5 Å². The molecule has 0 amide bonds. The first-order valence-electron chi connectivity index (χ1n) is 27.5. The standard InChI is InChI=1S/C52H82O26/c1-69-33-15-23(3-11-29(33)57)5-13-39(60)71-21-37-42(63)45(66)49(78-51-47(68)44(65)41(62)36(76-51)20-70-38(59)12-4-22-2-10-28(56)30(58)14-22)52(77-37)74-34-18-27-31(72-48(34)24-6-8-25(54)9-7-24)16-26(55)17-32(27)73-50-46(67)43(64)40(61)35(19-53)75-50/h4-5,12-13,22-37,40-58,61-68H,2-3,6-11,14-21H2,1H3. The fraction of sp³-hybridized carbons (Fsp3) is 0.885. The maximum Gasteiger partial charge on any atom is 0.330 e. The number of ether oxygens (including phenoxy) is 10. The van der Waals surface area contributed by atoms with Gasteiger partial charge in [-0.25, -0.2) is 9.59 Å². The van der Waals surface area contributed by atoms with E-state index >= 15 is 0 Å². The SMILES string of the molecule is COC1CC(C=CC(=O)OCC2OC(OC3CC4C(OC5OC(CO)C(O)C(O)C5O)CC(O)CC4OC3C3CCC(O)CC3)C(OC3OC(COC(=O)C=CC4CCC(O)C(O)C4)C(O)C(O)C3O)C(O)C2O)CCC1O. The lowest BCUT2D eigenvalue weighted by molar-refractivity contribution is -0.380. The number of methoxy groups -OCH3 is 1. The highest BCUT2D eigenvalue weighted by Crippen LogP contribution is 2.45. The molecule has 0 aromatic carbocycles. The van der Waals surface area contributed by atoms with E-state index in [9.17, 15) is 81.1 Å². The molecule has 0 aromatic heterocycles. The zero-order valence-corrected chi connectivity index (χ0v) is 43.5. The molecule has 4 saturated carbocycles. The summed E-state index contributed by atoms with van der Waals surface area (Å²) in [5.74, 6) is -2.98. The number of esters is 2. The molecule has 446 valence electrons. The predicted octanol–water partition coefficient (Wildman–Crippen LogP) is -4.43. The van der Waals surface area contributed by atoms with Gasteiger partial charge >= 0.3 is 11.9 Å². The van der Waals surface area contributed by atoms with Crippen molar-refractivity contribution in [2.75, 3.05) is 26.9 Å². The van der Waals surface area contributed by atoms with Gasteiger partial charge < -0.3 is 119 Å². The molecule has 8 rings (SSSR count). The molecule has 4 aliphatic carbocycles. The summed E-state index contributed by atoms with van der Waals surface area (Å²) in [6.45, 7) is -2.04. The van der Waals surface area contributed by atoms with Gasteiger partial charge in [-0.15, -0.1) is 0 Å². The number of hydrogen-bond acceptors (Lipinski definition) is 26. The summed E-state index contributed by atoms with van der Waals surface area (Å²) in [6, 6.07) is 0. The van der Waals surface area contributed by atoms with Crippen LogP contribution >= 0.6 is 0 Å². The number of allylic oxidation sites excluding steroid dienone is 2. The second-order valence-corrected chi connectivity index (χ2v) is 22.5. The number of aliphatic hydroxyl groups is 14. The van der Waals surface area contributed by atoms with Crippen LogP contribution in [-0.4, -0.2) is 264 Å². The Kier molecular flexibility index (Phi) is 21.9. The molecular weight excluding hydrogens is 1040 g/mol. The molecule has 0 spiro atoms. The smallest absolute Gasteiger partial charge is 0.330 e. The van der Waals surface area contributed by atoms with E-state index in [1.54, 1.807) is 6.08 Å². The summed E-state index contributed by atoms with van der Waals surface area (Å²) in [6.07, 6.45) is -24.4. The molecule has 4 saturated heterocycles. The van der Waals surface area contributed by atoms with E-state index < -0.39 is 191 Å². The van der Waals surface area contributed by atoms with Crippen LogP contribution in [-0.2, 0) is 57.0 Å². The van der Waals surface area contributed by atoms with E-state index in [0.29, 0.717) is 57.8 Å². The third-order valence-electron chi connectivity index (χ3n) is 17.2. The monoisotopic (exact) mass is 1120 g/mol. The molecule has 78 heavy (non-hydrogen) atoms. The van der Waals surface area contributed by atoms with E-state index in [4.69, 9.17) is 47.4 Å². The van der Waals surface area contributed by atoms with Gasteiger partial charge in [0, 0.05) is 31.6 Å². The molecule has 26 heteroatoms. The highest BCUT2D eigenvalue weighted by Gasteiger charge is 2.56. The largest absolute Gasteiger partial charge is 0.460 e. The molecular formula is C52H82O26. The normalized spacial score (nSPS) is 48.6. The lowest BCUT2D eigenvalue weighted by atomic mass is 9.73. The second kappa shape index (κ2) is 27.7. The molecule has 26 nitrogen and oxygen atoms in total. The maximum atomic E-state index is 13.2. The van der Waals surface area contributed by atoms with Crippen LogP contribution in [0.5, 0.6) is 0 Å². The van der Waals surface area contributed by atoms with E-state index in [-0.39, 0.29) is 43.4 Å². The minimum atomic E-state index is -2.03. The van der Waals surface area contributed by atoms with Crippen LogP contribution in [0.25, 0.3) is 0 Å². The van der Waals surface area contributed by atoms with Gasteiger partial charge in [0.1, 0.15) is 86.5 Å². The van der Waals surface area contributed by atoms with Crippen molar-refractivity contribution in [2.45, 2.75) is 237 Å². The number of rotatable bonds is 17. The summed E-state index contributed by atoms with van der Waals surface area (Å²) < 4.78 is 60.2. The first-order chi connectivity index (χ1) is 37.2. The first-order valence-corrected chi connectivity index (χ1v) is 27.5. The van der Waals surface area contributed by atoms with Crippen LogP contribution in [0.4, 0.5) is 0 Å². The summed E-state index contributed by atoms with van der Waals surface area (Å²) in [4.78, 5) is 26.0. The van der Waals surface area contributed by atoms with Crippen molar-refractivity contribution in [3.63, 3.8) is 0 Å². The van der Waals surface area contributed by atoms with E-state index in [1.165, 1.54) is 19.3 Å². The maximum absolute atomic E-state index is 13.2. The van der Waals surface area contributed by atoms with E-state index in [1.807, 2.05) is 0 Å². The first kappa shape index (κ1) is 61.6. The second-order valence-electron chi connectivity index (χ2n) is 22.5. The molecule has 27 unspecified atom stereocenters. The molecule has 8 aliphatic rings. The van der Waals surface area contributed by atoms with Crippen molar-refractivity contribution in [2.24, 2.45) is 23.7 Å². The minimum Gasteiger partial charge on any atom is -0.460 e. The quantitative estimate of drug-likeness (QED) is 0.0483. The lowest BCUT2D eigenvalue weighted by Crippen LogP contribution is -2.66. The highest BCUT2D eigenvalue weighted by molar-refractivity contribution is 5.82.